The quantitative estimate of drug-likeness (QED) is 0.174. The molecular formula is C24H48O6. The van der Waals surface area contributed by atoms with E-state index in [-0.39, 0.29) is 32.4 Å². The molecule has 0 radical (unpaired) electrons. The van der Waals surface area contributed by atoms with E-state index in [9.17, 15) is 15.0 Å². The second-order valence-corrected chi connectivity index (χ2v) is 8.84. The Bertz CT molecular complexity index is 375. The van der Waals surface area contributed by atoms with Crippen molar-refractivity contribution in [2.75, 3.05) is 26.4 Å². The van der Waals surface area contributed by atoms with Gasteiger partial charge in [0, 0.05) is 6.42 Å². The van der Waals surface area contributed by atoms with E-state index in [1.165, 1.54) is 64.2 Å². The summed E-state index contributed by atoms with van der Waals surface area (Å²) in [4.78, 5) is 11.8. The van der Waals surface area contributed by atoms with Crippen molar-refractivity contribution in [3.63, 3.8) is 0 Å². The molecule has 0 fully saturated rings. The number of unbranched alkanes of at least 4 members (excludes halogenated alkanes) is 11. The van der Waals surface area contributed by atoms with E-state index in [0.717, 1.165) is 25.2 Å². The first-order chi connectivity index (χ1) is 14.5. The molecule has 0 rings (SSSR count). The van der Waals surface area contributed by atoms with Crippen molar-refractivity contribution in [3.8, 4) is 0 Å². The average Bonchev–Trinajstić information content (AvgIpc) is 2.72. The van der Waals surface area contributed by atoms with Crippen LogP contribution < -0.4 is 0 Å². The number of ether oxygens (including phenoxy) is 2. The minimum atomic E-state index is -0.959. The van der Waals surface area contributed by atoms with Gasteiger partial charge >= 0.3 is 5.97 Å². The summed E-state index contributed by atoms with van der Waals surface area (Å²) in [7, 11) is 0. The van der Waals surface area contributed by atoms with Crippen LogP contribution in [0.15, 0.2) is 0 Å². The van der Waals surface area contributed by atoms with Gasteiger partial charge in [0.05, 0.1) is 26.4 Å². The lowest BCUT2D eigenvalue weighted by Gasteiger charge is -2.16. The van der Waals surface area contributed by atoms with E-state index in [0.29, 0.717) is 6.42 Å². The Labute approximate surface area is 184 Å². The van der Waals surface area contributed by atoms with Crippen molar-refractivity contribution in [3.05, 3.63) is 0 Å². The first-order valence-electron chi connectivity index (χ1n) is 12.2. The lowest BCUT2D eigenvalue weighted by molar-refractivity contribution is -0.155. The number of carbonyl (C=O) groups excluding carboxylic acids is 1. The van der Waals surface area contributed by atoms with Crippen LogP contribution in [0.25, 0.3) is 0 Å². The topological polar surface area (TPSA) is 96.2 Å². The van der Waals surface area contributed by atoms with E-state index in [1.54, 1.807) is 0 Å². The maximum Gasteiger partial charge on any atom is 0.306 e. The third kappa shape index (κ3) is 20.6. The number of aliphatic hydroxyl groups is 3. The molecule has 0 aromatic heterocycles. The molecule has 0 spiro atoms. The Balaban J connectivity index is 3.41. The molecule has 0 aromatic rings. The van der Waals surface area contributed by atoms with Gasteiger partial charge in [-0.15, -0.1) is 0 Å². The molecule has 180 valence electrons. The lowest BCUT2D eigenvalue weighted by Crippen LogP contribution is -2.29. The van der Waals surface area contributed by atoms with Crippen molar-refractivity contribution < 1.29 is 29.6 Å². The fourth-order valence-electron chi connectivity index (χ4n) is 3.35. The summed E-state index contributed by atoms with van der Waals surface area (Å²) in [5, 5.41) is 27.1. The number of esters is 1. The van der Waals surface area contributed by atoms with Gasteiger partial charge in [-0.2, -0.15) is 0 Å². The van der Waals surface area contributed by atoms with E-state index in [1.807, 2.05) is 0 Å². The summed E-state index contributed by atoms with van der Waals surface area (Å²) < 4.78 is 10.3. The standard InChI is InChI=1S/C24H48O6/c1-21(2)15-13-11-9-7-5-3-4-6-8-10-12-14-16-24(28)30-23(18-26)20-29-19-22(27)17-25/h21-23,25-27H,3-20H2,1-2H3. The Morgan fingerprint density at radius 1 is 0.733 bits per heavy atom. The third-order valence-corrected chi connectivity index (χ3v) is 5.24. The zero-order valence-electron chi connectivity index (χ0n) is 19.5. The van der Waals surface area contributed by atoms with Gasteiger partial charge in [-0.3, -0.25) is 4.79 Å². The van der Waals surface area contributed by atoms with Gasteiger partial charge < -0.3 is 24.8 Å². The van der Waals surface area contributed by atoms with Crippen LogP contribution in [0.4, 0.5) is 0 Å². The van der Waals surface area contributed by atoms with E-state index in [2.05, 4.69) is 13.8 Å². The first kappa shape index (κ1) is 29.3. The number of hydrogen-bond donors (Lipinski definition) is 3. The van der Waals surface area contributed by atoms with Crippen molar-refractivity contribution in [2.45, 2.75) is 116 Å². The van der Waals surface area contributed by atoms with Gasteiger partial charge in [0.1, 0.15) is 12.2 Å². The summed E-state index contributed by atoms with van der Waals surface area (Å²) in [5.74, 6) is 0.514. The smallest absolute Gasteiger partial charge is 0.306 e. The molecule has 2 unspecified atom stereocenters. The molecule has 0 aliphatic heterocycles. The molecule has 6 heteroatoms. The fraction of sp³-hybridized carbons (Fsp3) is 0.958. The predicted molar refractivity (Wildman–Crippen MR) is 120 cm³/mol. The minimum absolute atomic E-state index is 0.0112. The summed E-state index contributed by atoms with van der Waals surface area (Å²) in [5.41, 5.74) is 0. The number of aliphatic hydroxyl groups excluding tert-OH is 3. The van der Waals surface area contributed by atoms with Crippen molar-refractivity contribution in [1.82, 2.24) is 0 Å². The zero-order chi connectivity index (χ0) is 22.5. The van der Waals surface area contributed by atoms with Gasteiger partial charge in [-0.05, 0) is 12.3 Å². The predicted octanol–water partition coefficient (Wildman–Crippen LogP) is 4.38. The molecule has 2 atom stereocenters. The fourth-order valence-corrected chi connectivity index (χ4v) is 3.35. The molecule has 6 nitrogen and oxygen atoms in total. The van der Waals surface area contributed by atoms with Crippen LogP contribution in [-0.2, 0) is 14.3 Å². The molecule has 0 heterocycles. The number of rotatable bonds is 22. The van der Waals surface area contributed by atoms with Crippen LogP contribution in [0.2, 0.25) is 0 Å². The monoisotopic (exact) mass is 432 g/mol. The number of hydrogen-bond acceptors (Lipinski definition) is 6. The molecule has 0 aliphatic carbocycles. The summed E-state index contributed by atoms with van der Waals surface area (Å²) in [6.07, 6.45) is 15.1. The summed E-state index contributed by atoms with van der Waals surface area (Å²) in [6, 6.07) is 0. The Morgan fingerprint density at radius 2 is 1.23 bits per heavy atom. The van der Waals surface area contributed by atoms with E-state index in [4.69, 9.17) is 14.6 Å². The molecule has 0 amide bonds. The SMILES string of the molecule is CC(C)CCCCCCCCCCCCCCC(=O)OC(CO)COCC(O)CO. The van der Waals surface area contributed by atoms with Crippen LogP contribution >= 0.6 is 0 Å². The lowest BCUT2D eigenvalue weighted by atomic mass is 10.0. The average molecular weight is 433 g/mol. The molecule has 0 saturated carbocycles. The van der Waals surface area contributed by atoms with Crippen LogP contribution in [0.3, 0.4) is 0 Å². The van der Waals surface area contributed by atoms with Crippen LogP contribution in [-0.4, -0.2) is 59.9 Å². The molecule has 30 heavy (non-hydrogen) atoms. The van der Waals surface area contributed by atoms with Crippen molar-refractivity contribution in [2.24, 2.45) is 5.92 Å². The Hall–Kier alpha value is -0.690. The third-order valence-electron chi connectivity index (χ3n) is 5.24. The Kier molecular flexibility index (Phi) is 21.0. The molecule has 3 N–H and O–H groups in total. The number of carbonyl (C=O) groups is 1. The normalized spacial score (nSPS) is 13.5. The highest BCUT2D eigenvalue weighted by molar-refractivity contribution is 5.69. The highest BCUT2D eigenvalue weighted by Crippen LogP contribution is 2.14. The van der Waals surface area contributed by atoms with Crippen molar-refractivity contribution in [1.29, 1.82) is 0 Å². The van der Waals surface area contributed by atoms with Crippen LogP contribution in [0, 0.1) is 5.92 Å². The van der Waals surface area contributed by atoms with Gasteiger partial charge in [-0.25, -0.2) is 0 Å². The Morgan fingerprint density at radius 3 is 1.70 bits per heavy atom. The highest BCUT2D eigenvalue weighted by Gasteiger charge is 2.14. The largest absolute Gasteiger partial charge is 0.457 e. The van der Waals surface area contributed by atoms with E-state index >= 15 is 0 Å². The van der Waals surface area contributed by atoms with Crippen LogP contribution in [0.1, 0.15) is 104 Å². The minimum Gasteiger partial charge on any atom is -0.457 e. The van der Waals surface area contributed by atoms with Gasteiger partial charge in [0.15, 0.2) is 0 Å². The molecular weight excluding hydrogens is 384 g/mol. The zero-order valence-corrected chi connectivity index (χ0v) is 19.5. The molecule has 0 bridgehead atoms. The van der Waals surface area contributed by atoms with E-state index < -0.39 is 12.2 Å². The molecule has 0 aromatic carbocycles. The molecule has 0 saturated heterocycles. The van der Waals surface area contributed by atoms with Gasteiger partial charge in [0.2, 0.25) is 0 Å². The first-order valence-corrected chi connectivity index (χ1v) is 12.2. The van der Waals surface area contributed by atoms with Crippen molar-refractivity contribution >= 4 is 5.97 Å². The maximum atomic E-state index is 11.8. The summed E-state index contributed by atoms with van der Waals surface area (Å²) >= 11 is 0. The van der Waals surface area contributed by atoms with Gasteiger partial charge in [-0.1, -0.05) is 90.9 Å². The molecule has 0 aliphatic rings. The van der Waals surface area contributed by atoms with Gasteiger partial charge in [0.25, 0.3) is 0 Å². The second kappa shape index (κ2) is 21.5. The highest BCUT2D eigenvalue weighted by atomic mass is 16.6. The second-order valence-electron chi connectivity index (χ2n) is 8.84. The maximum absolute atomic E-state index is 11.8. The summed E-state index contributed by atoms with van der Waals surface area (Å²) in [6.45, 7) is 3.84. The van der Waals surface area contributed by atoms with Crippen LogP contribution in [0.5, 0.6) is 0 Å².